The van der Waals surface area contributed by atoms with Gasteiger partial charge in [-0.2, -0.15) is 0 Å². The summed E-state index contributed by atoms with van der Waals surface area (Å²) < 4.78 is 10.1. The molecule has 1 fully saturated rings. The first-order chi connectivity index (χ1) is 13.6. The lowest BCUT2D eigenvalue weighted by Gasteiger charge is -2.30. The molecule has 0 unspecified atom stereocenters. The van der Waals surface area contributed by atoms with Gasteiger partial charge in [-0.1, -0.05) is 12.1 Å². The van der Waals surface area contributed by atoms with Crippen LogP contribution in [0.15, 0.2) is 35.0 Å². The summed E-state index contributed by atoms with van der Waals surface area (Å²) in [5.41, 5.74) is 0.439. The summed E-state index contributed by atoms with van der Waals surface area (Å²) in [6, 6.07) is 7.55. The normalized spacial score (nSPS) is 15.3. The molecule has 1 aliphatic heterocycles. The van der Waals surface area contributed by atoms with E-state index < -0.39 is 5.97 Å². The van der Waals surface area contributed by atoms with Gasteiger partial charge in [0.2, 0.25) is 0 Å². The standard InChI is InChI=1S/C20H21NO5S2/c1-25-19(23)14-6-8-21(9-7-14)18(22)13-26-20(24)16(17-5-3-11-28-17)12-15-4-2-10-27-15/h2-5,10-12,14H,6-9,13H2,1H3/b16-12+. The van der Waals surface area contributed by atoms with Crippen LogP contribution in [0.2, 0.25) is 0 Å². The molecular weight excluding hydrogens is 398 g/mol. The summed E-state index contributed by atoms with van der Waals surface area (Å²) in [5.74, 6) is -1.18. The molecule has 0 spiro atoms. The Labute approximate surface area is 171 Å². The van der Waals surface area contributed by atoms with E-state index in [0.717, 1.165) is 9.75 Å². The van der Waals surface area contributed by atoms with Crippen LogP contribution in [0.1, 0.15) is 22.6 Å². The molecule has 28 heavy (non-hydrogen) atoms. The third-order valence-electron chi connectivity index (χ3n) is 4.55. The Morgan fingerprint density at radius 3 is 2.46 bits per heavy atom. The fourth-order valence-electron chi connectivity index (χ4n) is 3.01. The first-order valence-corrected chi connectivity index (χ1v) is 10.7. The maximum atomic E-state index is 12.6. The second kappa shape index (κ2) is 9.66. The largest absolute Gasteiger partial charge is 0.469 e. The van der Waals surface area contributed by atoms with E-state index in [1.165, 1.54) is 29.8 Å². The summed E-state index contributed by atoms with van der Waals surface area (Å²) in [6.07, 6.45) is 2.90. The van der Waals surface area contributed by atoms with Crippen molar-refractivity contribution in [1.82, 2.24) is 4.90 Å². The number of likely N-dealkylation sites (tertiary alicyclic amines) is 1. The van der Waals surface area contributed by atoms with Gasteiger partial charge in [0.15, 0.2) is 6.61 Å². The van der Waals surface area contributed by atoms with Crippen molar-refractivity contribution < 1.29 is 23.9 Å². The van der Waals surface area contributed by atoms with Gasteiger partial charge in [-0.3, -0.25) is 9.59 Å². The van der Waals surface area contributed by atoms with Crippen molar-refractivity contribution >= 4 is 52.2 Å². The molecule has 1 aliphatic rings. The third-order valence-corrected chi connectivity index (χ3v) is 6.27. The van der Waals surface area contributed by atoms with Gasteiger partial charge in [0.1, 0.15) is 0 Å². The minimum Gasteiger partial charge on any atom is -0.469 e. The third kappa shape index (κ3) is 5.08. The van der Waals surface area contributed by atoms with E-state index in [1.807, 2.05) is 35.0 Å². The molecule has 1 saturated heterocycles. The quantitative estimate of drug-likeness (QED) is 0.531. The Morgan fingerprint density at radius 2 is 1.86 bits per heavy atom. The second-order valence-electron chi connectivity index (χ2n) is 6.31. The second-order valence-corrected chi connectivity index (χ2v) is 8.23. The lowest BCUT2D eigenvalue weighted by atomic mass is 9.97. The van der Waals surface area contributed by atoms with Crippen LogP contribution >= 0.6 is 22.7 Å². The molecule has 2 aromatic heterocycles. The maximum absolute atomic E-state index is 12.6. The molecule has 3 heterocycles. The summed E-state index contributed by atoms with van der Waals surface area (Å²) in [5, 5.41) is 3.83. The van der Waals surface area contributed by atoms with E-state index in [0.29, 0.717) is 31.5 Å². The highest BCUT2D eigenvalue weighted by molar-refractivity contribution is 7.12. The van der Waals surface area contributed by atoms with Gasteiger partial charge in [0, 0.05) is 22.8 Å². The van der Waals surface area contributed by atoms with Crippen molar-refractivity contribution in [2.75, 3.05) is 26.8 Å². The van der Waals surface area contributed by atoms with Crippen LogP contribution in [0, 0.1) is 5.92 Å². The lowest BCUT2D eigenvalue weighted by molar-refractivity contribution is -0.151. The van der Waals surface area contributed by atoms with Gasteiger partial charge < -0.3 is 14.4 Å². The Balaban J connectivity index is 1.58. The molecule has 2 aromatic rings. The Morgan fingerprint density at radius 1 is 1.14 bits per heavy atom. The topological polar surface area (TPSA) is 72.9 Å². The van der Waals surface area contributed by atoms with Gasteiger partial charge in [0.05, 0.1) is 18.6 Å². The zero-order valence-corrected chi connectivity index (χ0v) is 17.1. The molecule has 8 heteroatoms. The number of piperidine rings is 1. The van der Waals surface area contributed by atoms with Crippen molar-refractivity contribution in [2.24, 2.45) is 5.92 Å². The smallest absolute Gasteiger partial charge is 0.340 e. The van der Waals surface area contributed by atoms with Crippen molar-refractivity contribution in [3.05, 3.63) is 44.8 Å². The number of ether oxygens (including phenoxy) is 2. The van der Waals surface area contributed by atoms with Crippen molar-refractivity contribution in [3.8, 4) is 0 Å². The number of methoxy groups -OCH3 is 1. The first kappa shape index (κ1) is 20.3. The first-order valence-electron chi connectivity index (χ1n) is 8.90. The Hall–Kier alpha value is -2.45. The van der Waals surface area contributed by atoms with Crippen LogP contribution in [0.25, 0.3) is 11.6 Å². The molecule has 0 atom stereocenters. The van der Waals surface area contributed by atoms with E-state index in [-0.39, 0.29) is 24.4 Å². The molecule has 6 nitrogen and oxygen atoms in total. The highest BCUT2D eigenvalue weighted by Crippen LogP contribution is 2.26. The fourth-order valence-corrected chi connectivity index (χ4v) is 4.39. The van der Waals surface area contributed by atoms with Crippen LogP contribution in [-0.2, 0) is 23.9 Å². The minimum atomic E-state index is -0.520. The highest BCUT2D eigenvalue weighted by Gasteiger charge is 2.28. The number of hydrogen-bond donors (Lipinski definition) is 0. The number of nitrogens with zero attached hydrogens (tertiary/aromatic N) is 1. The number of amides is 1. The minimum absolute atomic E-state index is 0.171. The van der Waals surface area contributed by atoms with Crippen LogP contribution < -0.4 is 0 Å². The molecule has 0 saturated carbocycles. The van der Waals surface area contributed by atoms with Crippen LogP contribution in [-0.4, -0.2) is 49.6 Å². The molecule has 1 amide bonds. The number of carbonyl (C=O) groups is 3. The predicted octanol–water partition coefficient (Wildman–Crippen LogP) is 3.31. The highest BCUT2D eigenvalue weighted by atomic mass is 32.1. The van der Waals surface area contributed by atoms with E-state index in [4.69, 9.17) is 9.47 Å². The lowest BCUT2D eigenvalue weighted by Crippen LogP contribution is -2.42. The fraction of sp³-hybridized carbons (Fsp3) is 0.350. The van der Waals surface area contributed by atoms with Crippen LogP contribution in [0.4, 0.5) is 0 Å². The Bertz CT molecular complexity index is 834. The summed E-state index contributed by atoms with van der Waals surface area (Å²) >= 11 is 2.97. The molecule has 3 rings (SSSR count). The van der Waals surface area contributed by atoms with Crippen LogP contribution in [0.3, 0.4) is 0 Å². The van der Waals surface area contributed by atoms with Crippen molar-refractivity contribution in [3.63, 3.8) is 0 Å². The van der Waals surface area contributed by atoms with E-state index in [2.05, 4.69) is 0 Å². The van der Waals surface area contributed by atoms with Gasteiger partial charge in [0.25, 0.3) is 5.91 Å². The SMILES string of the molecule is COC(=O)C1CCN(C(=O)COC(=O)/C(=C/c2cccs2)c2cccs2)CC1. The zero-order valence-electron chi connectivity index (χ0n) is 15.5. The van der Waals surface area contributed by atoms with Crippen molar-refractivity contribution in [1.29, 1.82) is 0 Å². The number of rotatable bonds is 6. The van der Waals surface area contributed by atoms with E-state index >= 15 is 0 Å². The molecule has 0 N–H and O–H groups in total. The van der Waals surface area contributed by atoms with Gasteiger partial charge >= 0.3 is 11.9 Å². The number of esters is 2. The molecule has 148 valence electrons. The molecule has 0 bridgehead atoms. The average molecular weight is 420 g/mol. The molecule has 0 aromatic carbocycles. The summed E-state index contributed by atoms with van der Waals surface area (Å²) in [6.45, 7) is 0.604. The van der Waals surface area contributed by atoms with Gasteiger partial charge in [-0.05, 0) is 41.8 Å². The number of thiophene rings is 2. The monoisotopic (exact) mass is 419 g/mol. The number of hydrogen-bond acceptors (Lipinski definition) is 7. The Kier molecular flexibility index (Phi) is 7.00. The summed E-state index contributed by atoms with van der Waals surface area (Å²) in [4.78, 5) is 40.0. The number of carbonyl (C=O) groups excluding carboxylic acids is 3. The molecule has 0 aliphatic carbocycles. The molecular formula is C20H21NO5S2. The van der Waals surface area contributed by atoms with E-state index in [9.17, 15) is 14.4 Å². The zero-order chi connectivity index (χ0) is 19.9. The predicted molar refractivity (Wildman–Crippen MR) is 109 cm³/mol. The summed E-state index contributed by atoms with van der Waals surface area (Å²) in [7, 11) is 1.37. The van der Waals surface area contributed by atoms with Crippen molar-refractivity contribution in [2.45, 2.75) is 12.8 Å². The van der Waals surface area contributed by atoms with Crippen LogP contribution in [0.5, 0.6) is 0 Å². The molecule has 0 radical (unpaired) electrons. The maximum Gasteiger partial charge on any atom is 0.340 e. The average Bonchev–Trinajstić information content (AvgIpc) is 3.43. The van der Waals surface area contributed by atoms with E-state index in [1.54, 1.807) is 11.0 Å². The van der Waals surface area contributed by atoms with Gasteiger partial charge in [-0.25, -0.2) is 4.79 Å². The van der Waals surface area contributed by atoms with Gasteiger partial charge in [-0.15, -0.1) is 22.7 Å².